The third-order valence-corrected chi connectivity index (χ3v) is 4.99. The van der Waals surface area contributed by atoms with Gasteiger partial charge in [0.25, 0.3) is 5.91 Å². The molecule has 0 spiro atoms. The SMILES string of the molecule is O=C1COc2ccc(NC3CCCC(C4CC4)C3)cc2N1. The lowest BCUT2D eigenvalue weighted by Crippen LogP contribution is -2.28. The molecule has 0 aromatic heterocycles. The smallest absolute Gasteiger partial charge is 0.262 e. The molecule has 2 saturated carbocycles. The van der Waals surface area contributed by atoms with E-state index in [1.54, 1.807) is 0 Å². The van der Waals surface area contributed by atoms with Crippen molar-refractivity contribution in [3.05, 3.63) is 18.2 Å². The van der Waals surface area contributed by atoms with Crippen molar-refractivity contribution in [3.8, 4) is 5.75 Å². The molecule has 2 aliphatic carbocycles. The second-order valence-electron chi connectivity index (χ2n) is 6.65. The summed E-state index contributed by atoms with van der Waals surface area (Å²) in [5.41, 5.74) is 1.87. The zero-order valence-electron chi connectivity index (χ0n) is 12.2. The quantitative estimate of drug-likeness (QED) is 0.895. The Morgan fingerprint density at radius 2 is 2.05 bits per heavy atom. The summed E-state index contributed by atoms with van der Waals surface area (Å²) >= 11 is 0. The molecule has 1 heterocycles. The van der Waals surface area contributed by atoms with Gasteiger partial charge < -0.3 is 15.4 Å². The van der Waals surface area contributed by atoms with Gasteiger partial charge in [0.15, 0.2) is 6.61 Å². The van der Waals surface area contributed by atoms with E-state index in [4.69, 9.17) is 4.74 Å². The third kappa shape index (κ3) is 2.85. The van der Waals surface area contributed by atoms with Crippen LogP contribution in [0, 0.1) is 11.8 Å². The number of hydrogen-bond acceptors (Lipinski definition) is 3. The molecule has 1 aromatic rings. The van der Waals surface area contributed by atoms with E-state index in [0.717, 1.165) is 29.0 Å². The Balaban J connectivity index is 1.44. The maximum Gasteiger partial charge on any atom is 0.262 e. The molecule has 2 atom stereocenters. The molecule has 0 saturated heterocycles. The van der Waals surface area contributed by atoms with Gasteiger partial charge in [-0.25, -0.2) is 0 Å². The van der Waals surface area contributed by atoms with Gasteiger partial charge in [-0.2, -0.15) is 0 Å². The van der Waals surface area contributed by atoms with Crippen molar-refractivity contribution in [1.29, 1.82) is 0 Å². The summed E-state index contributed by atoms with van der Waals surface area (Å²) in [5.74, 6) is 2.62. The average molecular weight is 286 g/mol. The number of benzene rings is 1. The number of anilines is 2. The lowest BCUT2D eigenvalue weighted by atomic mass is 9.82. The zero-order chi connectivity index (χ0) is 14.2. The van der Waals surface area contributed by atoms with Crippen molar-refractivity contribution >= 4 is 17.3 Å². The Bertz CT molecular complexity index is 554. The second kappa shape index (κ2) is 5.24. The van der Waals surface area contributed by atoms with Crippen LogP contribution in [-0.2, 0) is 4.79 Å². The third-order valence-electron chi connectivity index (χ3n) is 4.99. The summed E-state index contributed by atoms with van der Waals surface area (Å²) in [7, 11) is 0. The summed E-state index contributed by atoms with van der Waals surface area (Å²) < 4.78 is 5.40. The van der Waals surface area contributed by atoms with Crippen LogP contribution in [0.4, 0.5) is 11.4 Å². The summed E-state index contributed by atoms with van der Waals surface area (Å²) in [6, 6.07) is 6.56. The van der Waals surface area contributed by atoms with E-state index in [2.05, 4.69) is 16.7 Å². The molecule has 0 bridgehead atoms. The molecule has 2 unspecified atom stereocenters. The van der Waals surface area contributed by atoms with Gasteiger partial charge in [-0.1, -0.05) is 12.8 Å². The zero-order valence-corrected chi connectivity index (χ0v) is 12.2. The maximum atomic E-state index is 11.4. The first kappa shape index (κ1) is 13.0. The molecule has 112 valence electrons. The molecule has 0 radical (unpaired) electrons. The van der Waals surface area contributed by atoms with Crippen LogP contribution in [0.15, 0.2) is 18.2 Å². The molecule has 3 aliphatic rings. The fraction of sp³-hybridized carbons (Fsp3) is 0.588. The van der Waals surface area contributed by atoms with E-state index in [0.29, 0.717) is 6.04 Å². The van der Waals surface area contributed by atoms with Gasteiger partial charge in [0.1, 0.15) is 5.75 Å². The van der Waals surface area contributed by atoms with Gasteiger partial charge in [-0.15, -0.1) is 0 Å². The van der Waals surface area contributed by atoms with E-state index in [1.165, 1.54) is 38.5 Å². The van der Waals surface area contributed by atoms with Crippen LogP contribution < -0.4 is 15.4 Å². The predicted octanol–water partition coefficient (Wildman–Crippen LogP) is 3.40. The monoisotopic (exact) mass is 286 g/mol. The highest BCUT2D eigenvalue weighted by molar-refractivity contribution is 5.96. The van der Waals surface area contributed by atoms with Crippen LogP contribution >= 0.6 is 0 Å². The minimum Gasteiger partial charge on any atom is -0.482 e. The lowest BCUT2D eigenvalue weighted by Gasteiger charge is -2.31. The van der Waals surface area contributed by atoms with Crippen molar-refractivity contribution in [1.82, 2.24) is 0 Å². The van der Waals surface area contributed by atoms with Gasteiger partial charge in [0, 0.05) is 11.7 Å². The minimum absolute atomic E-state index is 0.0777. The maximum absolute atomic E-state index is 11.4. The molecule has 2 N–H and O–H groups in total. The van der Waals surface area contributed by atoms with Gasteiger partial charge in [-0.05, 0) is 55.7 Å². The number of amides is 1. The molecule has 4 heteroatoms. The largest absolute Gasteiger partial charge is 0.482 e. The molecular weight excluding hydrogens is 264 g/mol. The molecule has 4 rings (SSSR count). The minimum atomic E-state index is -0.0777. The number of ether oxygens (including phenoxy) is 1. The van der Waals surface area contributed by atoms with Gasteiger partial charge in [0.05, 0.1) is 5.69 Å². The van der Waals surface area contributed by atoms with E-state index >= 15 is 0 Å². The summed E-state index contributed by atoms with van der Waals surface area (Å²) in [6.07, 6.45) is 8.19. The second-order valence-corrected chi connectivity index (χ2v) is 6.65. The van der Waals surface area contributed by atoms with Crippen molar-refractivity contribution in [2.24, 2.45) is 11.8 Å². The Morgan fingerprint density at radius 3 is 2.90 bits per heavy atom. The first-order valence-electron chi connectivity index (χ1n) is 8.11. The fourth-order valence-electron chi connectivity index (χ4n) is 3.76. The first-order chi connectivity index (χ1) is 10.3. The number of carbonyl (C=O) groups excluding carboxylic acids is 1. The molecular formula is C17H22N2O2. The lowest BCUT2D eigenvalue weighted by molar-refractivity contribution is -0.118. The number of hydrogen-bond donors (Lipinski definition) is 2. The number of rotatable bonds is 3. The van der Waals surface area contributed by atoms with E-state index < -0.39 is 0 Å². The Morgan fingerprint density at radius 1 is 1.14 bits per heavy atom. The molecule has 21 heavy (non-hydrogen) atoms. The predicted molar refractivity (Wildman–Crippen MR) is 82.7 cm³/mol. The molecule has 4 nitrogen and oxygen atoms in total. The van der Waals surface area contributed by atoms with Crippen molar-refractivity contribution in [2.45, 2.75) is 44.6 Å². The summed E-state index contributed by atoms with van der Waals surface area (Å²) in [6.45, 7) is 0.117. The standard InChI is InChI=1S/C17H22N2O2/c20-17-10-21-16-7-6-14(9-15(16)19-17)18-13-3-1-2-12(8-13)11-4-5-11/h6-7,9,11-13,18H,1-5,8,10H2,(H,19,20). The Hall–Kier alpha value is -1.71. The van der Waals surface area contributed by atoms with Crippen LogP contribution in [0.1, 0.15) is 38.5 Å². The van der Waals surface area contributed by atoms with E-state index in [9.17, 15) is 4.79 Å². The fourth-order valence-corrected chi connectivity index (χ4v) is 3.76. The molecule has 1 aromatic carbocycles. The highest BCUT2D eigenvalue weighted by Crippen LogP contribution is 2.44. The van der Waals surface area contributed by atoms with Crippen LogP contribution in [0.5, 0.6) is 5.75 Å². The number of nitrogens with one attached hydrogen (secondary N) is 2. The van der Waals surface area contributed by atoms with Crippen molar-refractivity contribution < 1.29 is 9.53 Å². The van der Waals surface area contributed by atoms with Gasteiger partial charge >= 0.3 is 0 Å². The normalized spacial score (nSPS) is 28.3. The van der Waals surface area contributed by atoms with Crippen molar-refractivity contribution in [2.75, 3.05) is 17.2 Å². The summed E-state index contributed by atoms with van der Waals surface area (Å²) in [4.78, 5) is 11.4. The molecule has 1 aliphatic heterocycles. The average Bonchev–Trinajstić information content (AvgIpc) is 3.32. The highest BCUT2D eigenvalue weighted by Gasteiger charge is 2.34. The van der Waals surface area contributed by atoms with Crippen LogP contribution in [0.25, 0.3) is 0 Å². The van der Waals surface area contributed by atoms with Gasteiger partial charge in [-0.3, -0.25) is 4.79 Å². The van der Waals surface area contributed by atoms with Crippen molar-refractivity contribution in [3.63, 3.8) is 0 Å². The number of fused-ring (bicyclic) bond motifs is 1. The highest BCUT2D eigenvalue weighted by atomic mass is 16.5. The van der Waals surface area contributed by atoms with Crippen LogP contribution in [0.3, 0.4) is 0 Å². The summed E-state index contributed by atoms with van der Waals surface area (Å²) in [5, 5.41) is 6.52. The Labute approximate surface area is 125 Å². The van der Waals surface area contributed by atoms with Crippen LogP contribution in [0.2, 0.25) is 0 Å². The first-order valence-corrected chi connectivity index (χ1v) is 8.11. The topological polar surface area (TPSA) is 50.4 Å². The van der Waals surface area contributed by atoms with E-state index in [1.807, 2.05) is 12.1 Å². The van der Waals surface area contributed by atoms with E-state index in [-0.39, 0.29) is 12.5 Å². The Kier molecular flexibility index (Phi) is 3.24. The number of carbonyl (C=O) groups is 1. The molecule has 2 fully saturated rings. The molecule has 1 amide bonds. The van der Waals surface area contributed by atoms with Crippen LogP contribution in [-0.4, -0.2) is 18.6 Å². The van der Waals surface area contributed by atoms with Gasteiger partial charge in [0.2, 0.25) is 0 Å².